The second-order valence-electron chi connectivity index (χ2n) is 5.80. The zero-order chi connectivity index (χ0) is 13.8. The third-order valence-corrected chi connectivity index (χ3v) is 4.38. The highest BCUT2D eigenvalue weighted by Gasteiger charge is 2.19. The number of aromatic nitrogens is 2. The topological polar surface area (TPSA) is 59.1 Å². The third-order valence-electron chi connectivity index (χ3n) is 4.38. The van der Waals surface area contributed by atoms with Gasteiger partial charge in [-0.15, -0.1) is 0 Å². The van der Waals surface area contributed by atoms with E-state index in [-0.39, 0.29) is 0 Å². The van der Waals surface area contributed by atoms with E-state index < -0.39 is 0 Å². The van der Waals surface area contributed by atoms with E-state index in [1.165, 1.54) is 37.7 Å². The van der Waals surface area contributed by atoms with Gasteiger partial charge in [-0.3, -0.25) is 0 Å². The molecule has 0 saturated heterocycles. The molecule has 1 aromatic rings. The molecule has 0 aromatic carbocycles. The van der Waals surface area contributed by atoms with E-state index in [1.54, 1.807) is 7.11 Å². The Morgan fingerprint density at radius 3 is 2.90 bits per heavy atom. The zero-order valence-electron chi connectivity index (χ0n) is 12.2. The van der Waals surface area contributed by atoms with E-state index in [1.807, 2.05) is 0 Å². The average molecular weight is 276 g/mol. The minimum Gasteiger partial charge on any atom is -0.467 e. The molecule has 1 saturated carbocycles. The molecule has 1 aliphatic carbocycles. The van der Waals surface area contributed by atoms with Crippen LogP contribution in [-0.2, 0) is 13.0 Å². The molecule has 0 unspecified atom stereocenters. The minimum atomic E-state index is 0.483. The van der Waals surface area contributed by atoms with Crippen LogP contribution in [-0.4, -0.2) is 30.2 Å². The summed E-state index contributed by atoms with van der Waals surface area (Å²) in [6.07, 6.45) is 7.78. The van der Waals surface area contributed by atoms with Crippen LogP contribution in [0, 0.1) is 5.92 Å². The van der Waals surface area contributed by atoms with Crippen molar-refractivity contribution in [2.45, 2.75) is 45.1 Å². The van der Waals surface area contributed by atoms with Gasteiger partial charge in [0.15, 0.2) is 0 Å². The summed E-state index contributed by atoms with van der Waals surface area (Å²) in [5.41, 5.74) is 2.34. The SMILES string of the molecule is COc1nc2c(c(NCC3CCCCC3)n1)CNCC2. The number of hydrogen-bond acceptors (Lipinski definition) is 5. The maximum atomic E-state index is 5.23. The Hall–Kier alpha value is -1.36. The van der Waals surface area contributed by atoms with Gasteiger partial charge in [0.2, 0.25) is 0 Å². The summed E-state index contributed by atoms with van der Waals surface area (Å²) in [7, 11) is 1.63. The summed E-state index contributed by atoms with van der Waals surface area (Å²) in [5.74, 6) is 1.75. The number of nitrogens with zero attached hydrogens (tertiary/aromatic N) is 2. The van der Waals surface area contributed by atoms with Gasteiger partial charge < -0.3 is 15.4 Å². The Morgan fingerprint density at radius 2 is 2.10 bits per heavy atom. The van der Waals surface area contributed by atoms with Crippen molar-refractivity contribution in [2.75, 3.05) is 25.5 Å². The Kier molecular flexibility index (Phi) is 4.35. The normalized spacial score (nSPS) is 19.4. The number of ether oxygens (including phenoxy) is 1. The van der Waals surface area contributed by atoms with E-state index in [0.29, 0.717) is 6.01 Å². The first-order valence-corrected chi connectivity index (χ1v) is 7.75. The van der Waals surface area contributed by atoms with Crippen LogP contribution in [0.15, 0.2) is 0 Å². The standard InChI is InChI=1S/C15H24N4O/c1-20-15-18-13-7-8-16-10-12(13)14(19-15)17-9-11-5-3-2-4-6-11/h11,16H,2-10H2,1H3,(H,17,18,19). The lowest BCUT2D eigenvalue weighted by Gasteiger charge is -2.24. The molecule has 110 valence electrons. The van der Waals surface area contributed by atoms with Crippen LogP contribution in [0.5, 0.6) is 6.01 Å². The van der Waals surface area contributed by atoms with E-state index in [4.69, 9.17) is 4.74 Å². The minimum absolute atomic E-state index is 0.483. The first-order valence-electron chi connectivity index (χ1n) is 7.75. The molecular weight excluding hydrogens is 252 g/mol. The molecule has 2 heterocycles. The molecule has 0 amide bonds. The van der Waals surface area contributed by atoms with Crippen molar-refractivity contribution in [2.24, 2.45) is 5.92 Å². The Bertz CT molecular complexity index is 457. The highest BCUT2D eigenvalue weighted by atomic mass is 16.5. The van der Waals surface area contributed by atoms with Crippen molar-refractivity contribution in [3.8, 4) is 6.01 Å². The predicted octanol–water partition coefficient (Wildman–Crippen LogP) is 2.12. The summed E-state index contributed by atoms with van der Waals surface area (Å²) in [4.78, 5) is 8.98. The lowest BCUT2D eigenvalue weighted by molar-refractivity contribution is 0.369. The molecule has 5 heteroatoms. The number of methoxy groups -OCH3 is 1. The molecule has 0 atom stereocenters. The first-order chi connectivity index (χ1) is 9.86. The van der Waals surface area contributed by atoms with Crippen LogP contribution in [0.1, 0.15) is 43.4 Å². The lowest BCUT2D eigenvalue weighted by atomic mass is 9.89. The highest BCUT2D eigenvalue weighted by Crippen LogP contribution is 2.26. The van der Waals surface area contributed by atoms with Crippen LogP contribution < -0.4 is 15.4 Å². The van der Waals surface area contributed by atoms with Gasteiger partial charge in [0.25, 0.3) is 0 Å². The summed E-state index contributed by atoms with van der Waals surface area (Å²) < 4.78 is 5.23. The maximum absolute atomic E-state index is 5.23. The Morgan fingerprint density at radius 1 is 1.25 bits per heavy atom. The van der Waals surface area contributed by atoms with E-state index >= 15 is 0 Å². The summed E-state index contributed by atoms with van der Waals surface area (Å²) in [6.45, 7) is 2.86. The van der Waals surface area contributed by atoms with Crippen molar-refractivity contribution in [3.63, 3.8) is 0 Å². The molecule has 5 nitrogen and oxygen atoms in total. The second kappa shape index (κ2) is 6.39. The largest absolute Gasteiger partial charge is 0.467 e. The molecule has 0 spiro atoms. The number of rotatable bonds is 4. The molecule has 1 fully saturated rings. The quantitative estimate of drug-likeness (QED) is 0.882. The fourth-order valence-corrected chi connectivity index (χ4v) is 3.19. The second-order valence-corrected chi connectivity index (χ2v) is 5.80. The van der Waals surface area contributed by atoms with E-state index in [0.717, 1.165) is 43.5 Å². The lowest BCUT2D eigenvalue weighted by Crippen LogP contribution is -2.27. The molecule has 2 N–H and O–H groups in total. The molecule has 1 aliphatic heterocycles. The molecule has 2 aliphatic rings. The van der Waals surface area contributed by atoms with Gasteiger partial charge in [-0.25, -0.2) is 0 Å². The fourth-order valence-electron chi connectivity index (χ4n) is 3.19. The van der Waals surface area contributed by atoms with Crippen LogP contribution in [0.2, 0.25) is 0 Å². The van der Waals surface area contributed by atoms with Gasteiger partial charge in [-0.2, -0.15) is 9.97 Å². The predicted molar refractivity (Wildman–Crippen MR) is 79.1 cm³/mol. The van der Waals surface area contributed by atoms with Crippen LogP contribution in [0.4, 0.5) is 5.82 Å². The Balaban J connectivity index is 1.73. The summed E-state index contributed by atoms with van der Waals surface area (Å²) in [5, 5.41) is 6.94. The summed E-state index contributed by atoms with van der Waals surface area (Å²) in [6, 6.07) is 0.483. The fraction of sp³-hybridized carbons (Fsp3) is 0.733. The smallest absolute Gasteiger partial charge is 0.318 e. The first kappa shape index (κ1) is 13.6. The third kappa shape index (κ3) is 3.03. The van der Waals surface area contributed by atoms with Crippen LogP contribution in [0.3, 0.4) is 0 Å². The van der Waals surface area contributed by atoms with Crippen LogP contribution >= 0.6 is 0 Å². The van der Waals surface area contributed by atoms with Crippen molar-refractivity contribution < 1.29 is 4.74 Å². The zero-order valence-corrected chi connectivity index (χ0v) is 12.2. The van der Waals surface area contributed by atoms with Crippen molar-refractivity contribution in [3.05, 3.63) is 11.3 Å². The number of fused-ring (bicyclic) bond motifs is 1. The molecule has 0 radical (unpaired) electrons. The van der Waals surface area contributed by atoms with Gasteiger partial charge in [-0.1, -0.05) is 19.3 Å². The van der Waals surface area contributed by atoms with Crippen LogP contribution in [0.25, 0.3) is 0 Å². The van der Waals surface area contributed by atoms with Gasteiger partial charge in [0.05, 0.1) is 12.8 Å². The van der Waals surface area contributed by atoms with E-state index in [9.17, 15) is 0 Å². The number of anilines is 1. The van der Waals surface area contributed by atoms with E-state index in [2.05, 4.69) is 20.6 Å². The number of hydrogen-bond donors (Lipinski definition) is 2. The Labute approximate surface area is 120 Å². The van der Waals surface area contributed by atoms with Gasteiger partial charge >= 0.3 is 6.01 Å². The molecule has 1 aromatic heterocycles. The summed E-state index contributed by atoms with van der Waals surface area (Å²) >= 11 is 0. The number of nitrogens with one attached hydrogen (secondary N) is 2. The van der Waals surface area contributed by atoms with Crippen molar-refractivity contribution in [1.29, 1.82) is 0 Å². The average Bonchev–Trinajstić information content (AvgIpc) is 2.53. The molecular formula is C15H24N4O. The highest BCUT2D eigenvalue weighted by molar-refractivity contribution is 5.48. The molecule has 3 rings (SSSR count). The van der Waals surface area contributed by atoms with Crippen molar-refractivity contribution >= 4 is 5.82 Å². The molecule has 0 bridgehead atoms. The van der Waals surface area contributed by atoms with Gasteiger partial charge in [0.1, 0.15) is 5.82 Å². The van der Waals surface area contributed by atoms with Gasteiger partial charge in [-0.05, 0) is 18.8 Å². The monoisotopic (exact) mass is 276 g/mol. The van der Waals surface area contributed by atoms with Crippen molar-refractivity contribution in [1.82, 2.24) is 15.3 Å². The maximum Gasteiger partial charge on any atom is 0.318 e. The molecule has 20 heavy (non-hydrogen) atoms. The van der Waals surface area contributed by atoms with Gasteiger partial charge in [0, 0.05) is 31.6 Å².